The molecule has 1 atom stereocenters. The van der Waals surface area contributed by atoms with Crippen molar-refractivity contribution in [1.82, 2.24) is 15.1 Å². The molecule has 0 radical (unpaired) electrons. The molecule has 1 rings (SSSR count). The van der Waals surface area contributed by atoms with Crippen LogP contribution in [-0.2, 0) is 16.6 Å². The van der Waals surface area contributed by atoms with Gasteiger partial charge >= 0.3 is 6.03 Å². The minimum atomic E-state index is -1.04. The third-order valence-electron chi connectivity index (χ3n) is 3.93. The van der Waals surface area contributed by atoms with Crippen LogP contribution in [-0.4, -0.2) is 64.6 Å². The number of nitrogens with one attached hydrogen (secondary N) is 1. The zero-order valence-electron chi connectivity index (χ0n) is 15.3. The van der Waals surface area contributed by atoms with E-state index >= 15 is 0 Å². The maximum absolute atomic E-state index is 12.4. The molecule has 0 saturated carbocycles. The molecule has 0 saturated heterocycles. The third-order valence-corrected chi connectivity index (χ3v) is 5.17. The van der Waals surface area contributed by atoms with Crippen molar-refractivity contribution in [2.75, 3.05) is 38.5 Å². The first-order valence-corrected chi connectivity index (χ1v) is 10.1. The Balaban J connectivity index is 2.39. The van der Waals surface area contributed by atoms with Gasteiger partial charge in [0.15, 0.2) is 0 Å². The van der Waals surface area contributed by atoms with E-state index in [1.54, 1.807) is 17.2 Å². The van der Waals surface area contributed by atoms with Crippen LogP contribution in [0.3, 0.4) is 0 Å². The molecule has 6 nitrogen and oxygen atoms in total. The van der Waals surface area contributed by atoms with Gasteiger partial charge in [-0.25, -0.2) is 4.79 Å². The molecule has 0 aliphatic rings. The van der Waals surface area contributed by atoms with Gasteiger partial charge in [-0.05, 0) is 39.1 Å². The quantitative estimate of drug-likeness (QED) is 0.660. The molecule has 1 unspecified atom stereocenters. The van der Waals surface area contributed by atoms with E-state index in [9.17, 15) is 9.00 Å². The first-order valence-electron chi connectivity index (χ1n) is 8.62. The number of urea groups is 1. The van der Waals surface area contributed by atoms with Crippen LogP contribution in [0.4, 0.5) is 4.79 Å². The van der Waals surface area contributed by atoms with Crippen molar-refractivity contribution in [2.24, 2.45) is 0 Å². The Hall–Kier alpha value is -1.34. The van der Waals surface area contributed by atoms with E-state index in [0.717, 1.165) is 19.6 Å². The minimum absolute atomic E-state index is 0.0686. The van der Waals surface area contributed by atoms with Gasteiger partial charge < -0.3 is 19.5 Å². The predicted octanol–water partition coefficient (Wildman–Crippen LogP) is 2.29. The largest absolute Gasteiger partial charge is 0.468 e. The zero-order chi connectivity index (χ0) is 17.9. The minimum Gasteiger partial charge on any atom is -0.468 e. The van der Waals surface area contributed by atoms with Gasteiger partial charge in [-0.2, -0.15) is 0 Å². The Bertz CT molecular complexity index is 487. The Kier molecular flexibility index (Phi) is 9.71. The zero-order valence-corrected chi connectivity index (χ0v) is 16.1. The second kappa shape index (κ2) is 11.3. The summed E-state index contributed by atoms with van der Waals surface area (Å²) in [5.74, 6) is 1.55. The molecule has 2 amide bonds. The van der Waals surface area contributed by atoms with Gasteiger partial charge in [0.05, 0.1) is 12.0 Å². The van der Waals surface area contributed by atoms with Crippen LogP contribution in [0.2, 0.25) is 0 Å². The normalized spacial score (nSPS) is 12.6. The fourth-order valence-corrected chi connectivity index (χ4v) is 3.41. The van der Waals surface area contributed by atoms with Crippen molar-refractivity contribution in [1.29, 1.82) is 0 Å². The maximum atomic E-state index is 12.4. The van der Waals surface area contributed by atoms with Crippen molar-refractivity contribution in [3.8, 4) is 0 Å². The molecule has 0 spiro atoms. The summed E-state index contributed by atoms with van der Waals surface area (Å²) >= 11 is 0. The highest BCUT2D eigenvalue weighted by atomic mass is 32.2. The summed E-state index contributed by atoms with van der Waals surface area (Å²) < 4.78 is 17.3. The number of carbonyl (C=O) groups is 1. The number of furan rings is 1. The topological polar surface area (TPSA) is 65.8 Å². The van der Waals surface area contributed by atoms with Gasteiger partial charge in [0.1, 0.15) is 5.76 Å². The van der Waals surface area contributed by atoms with Crippen LogP contribution in [0.15, 0.2) is 22.8 Å². The van der Waals surface area contributed by atoms with Gasteiger partial charge in [0.2, 0.25) is 0 Å². The lowest BCUT2D eigenvalue weighted by atomic mass is 10.3. The van der Waals surface area contributed by atoms with Crippen LogP contribution < -0.4 is 5.32 Å². The van der Waals surface area contributed by atoms with E-state index in [0.29, 0.717) is 30.4 Å². The molecule has 0 aliphatic heterocycles. The number of nitrogens with zero attached hydrogens (tertiary/aromatic N) is 2. The van der Waals surface area contributed by atoms with E-state index in [1.165, 1.54) is 0 Å². The van der Waals surface area contributed by atoms with Crippen molar-refractivity contribution in [3.05, 3.63) is 24.2 Å². The summed E-state index contributed by atoms with van der Waals surface area (Å²) in [6.45, 7) is 12.1. The standard InChI is InChI=1S/C17H31N3O3S/c1-5-19(6-2)10-9-18-17(21)20(15(3)4)11-13-24(22)14-16-8-7-12-23-16/h7-8,12,15H,5-6,9-11,13-14H2,1-4H3,(H,18,21). The molecular formula is C17H31N3O3S. The van der Waals surface area contributed by atoms with Gasteiger partial charge in [0.25, 0.3) is 0 Å². The first kappa shape index (κ1) is 20.7. The van der Waals surface area contributed by atoms with Gasteiger partial charge in [0, 0.05) is 42.2 Å². The molecule has 0 aromatic carbocycles. The highest BCUT2D eigenvalue weighted by molar-refractivity contribution is 7.84. The maximum Gasteiger partial charge on any atom is 0.317 e. The Labute approximate surface area is 148 Å². The lowest BCUT2D eigenvalue weighted by Crippen LogP contribution is -2.47. The number of hydrogen-bond acceptors (Lipinski definition) is 4. The third kappa shape index (κ3) is 7.49. The van der Waals surface area contributed by atoms with Gasteiger partial charge in [-0.1, -0.05) is 13.8 Å². The number of carbonyl (C=O) groups excluding carboxylic acids is 1. The molecule has 1 heterocycles. The highest BCUT2D eigenvalue weighted by Gasteiger charge is 2.18. The molecule has 1 N–H and O–H groups in total. The molecule has 1 aromatic rings. The van der Waals surface area contributed by atoms with Crippen LogP contribution in [0, 0.1) is 0 Å². The SMILES string of the molecule is CCN(CC)CCNC(=O)N(CCS(=O)Cc1ccco1)C(C)C. The molecule has 0 aliphatic carbocycles. The number of hydrogen-bond donors (Lipinski definition) is 1. The molecular weight excluding hydrogens is 326 g/mol. The number of rotatable bonds is 11. The van der Waals surface area contributed by atoms with E-state index in [-0.39, 0.29) is 12.1 Å². The van der Waals surface area contributed by atoms with E-state index in [4.69, 9.17) is 4.42 Å². The van der Waals surface area contributed by atoms with Crippen LogP contribution in [0.25, 0.3) is 0 Å². The van der Waals surface area contributed by atoms with Crippen LogP contribution >= 0.6 is 0 Å². The smallest absolute Gasteiger partial charge is 0.317 e. The molecule has 7 heteroatoms. The lowest BCUT2D eigenvalue weighted by molar-refractivity contribution is 0.185. The van der Waals surface area contributed by atoms with E-state index in [2.05, 4.69) is 24.1 Å². The predicted molar refractivity (Wildman–Crippen MR) is 98.5 cm³/mol. The fourth-order valence-electron chi connectivity index (χ4n) is 2.38. The van der Waals surface area contributed by atoms with E-state index in [1.807, 2.05) is 19.9 Å². The van der Waals surface area contributed by atoms with Crippen LogP contribution in [0.1, 0.15) is 33.5 Å². The Morgan fingerprint density at radius 1 is 1.29 bits per heavy atom. The molecule has 138 valence electrons. The number of likely N-dealkylation sites (N-methyl/N-ethyl adjacent to an activating group) is 1. The monoisotopic (exact) mass is 357 g/mol. The summed E-state index contributed by atoms with van der Waals surface area (Å²) in [5.41, 5.74) is 0. The van der Waals surface area contributed by atoms with Crippen molar-refractivity contribution < 1.29 is 13.4 Å². The number of amides is 2. The molecule has 0 fully saturated rings. The lowest BCUT2D eigenvalue weighted by Gasteiger charge is -2.27. The molecule has 0 bridgehead atoms. The van der Waals surface area contributed by atoms with Crippen molar-refractivity contribution >= 4 is 16.8 Å². The molecule has 1 aromatic heterocycles. The summed E-state index contributed by atoms with van der Waals surface area (Å²) in [7, 11) is -1.04. The van der Waals surface area contributed by atoms with Crippen molar-refractivity contribution in [3.63, 3.8) is 0 Å². The fraction of sp³-hybridized carbons (Fsp3) is 0.706. The van der Waals surface area contributed by atoms with Crippen molar-refractivity contribution in [2.45, 2.75) is 39.5 Å². The second-order valence-electron chi connectivity index (χ2n) is 5.91. The average Bonchev–Trinajstić information content (AvgIpc) is 3.04. The Morgan fingerprint density at radius 3 is 2.54 bits per heavy atom. The highest BCUT2D eigenvalue weighted by Crippen LogP contribution is 2.06. The molecule has 24 heavy (non-hydrogen) atoms. The average molecular weight is 358 g/mol. The summed E-state index contributed by atoms with van der Waals surface area (Å²) in [6, 6.07) is 3.58. The first-order chi connectivity index (χ1) is 11.5. The summed E-state index contributed by atoms with van der Waals surface area (Å²) in [4.78, 5) is 16.4. The van der Waals surface area contributed by atoms with Crippen LogP contribution in [0.5, 0.6) is 0 Å². The summed E-state index contributed by atoms with van der Waals surface area (Å²) in [6.07, 6.45) is 1.58. The van der Waals surface area contributed by atoms with Gasteiger partial charge in [-0.3, -0.25) is 4.21 Å². The Morgan fingerprint density at radius 2 is 2.00 bits per heavy atom. The van der Waals surface area contributed by atoms with E-state index < -0.39 is 10.8 Å². The second-order valence-corrected chi connectivity index (χ2v) is 7.49. The summed E-state index contributed by atoms with van der Waals surface area (Å²) in [5, 5.41) is 2.96. The van der Waals surface area contributed by atoms with Gasteiger partial charge in [-0.15, -0.1) is 0 Å².